The molecule has 76 valence electrons. The van der Waals surface area contributed by atoms with Crippen molar-refractivity contribution in [1.29, 1.82) is 0 Å². The van der Waals surface area contributed by atoms with Gasteiger partial charge in [-0.2, -0.15) is 0 Å². The lowest BCUT2D eigenvalue weighted by Crippen LogP contribution is -2.13. The van der Waals surface area contributed by atoms with E-state index in [0.717, 1.165) is 6.42 Å². The molecule has 0 aromatic heterocycles. The third-order valence-electron chi connectivity index (χ3n) is 2.40. The zero-order chi connectivity index (χ0) is 10.6. The Bertz CT molecular complexity index is 313. The Kier molecular flexibility index (Phi) is 3.51. The first kappa shape index (κ1) is 11.0. The molecule has 0 radical (unpaired) electrons. The smallest absolute Gasteiger partial charge is 0.00946 e. The van der Waals surface area contributed by atoms with Gasteiger partial charge in [-0.1, -0.05) is 57.2 Å². The van der Waals surface area contributed by atoms with E-state index in [4.69, 9.17) is 0 Å². The SMILES string of the molecule is CC=CCc1ccccc1C(C)(C)C. The highest BCUT2D eigenvalue weighted by molar-refractivity contribution is 5.34. The molecular formula is C14H20. The summed E-state index contributed by atoms with van der Waals surface area (Å²) in [6, 6.07) is 8.70. The van der Waals surface area contributed by atoms with Gasteiger partial charge >= 0.3 is 0 Å². The Hall–Kier alpha value is -1.04. The largest absolute Gasteiger partial charge is 0.0913 e. The van der Waals surface area contributed by atoms with Gasteiger partial charge in [0, 0.05) is 0 Å². The highest BCUT2D eigenvalue weighted by atomic mass is 14.2. The predicted molar refractivity (Wildman–Crippen MR) is 63.7 cm³/mol. The summed E-state index contributed by atoms with van der Waals surface area (Å²) in [6.07, 6.45) is 5.37. The van der Waals surface area contributed by atoms with Gasteiger partial charge in [0.15, 0.2) is 0 Å². The maximum Gasteiger partial charge on any atom is -0.00946 e. The van der Waals surface area contributed by atoms with Gasteiger partial charge < -0.3 is 0 Å². The lowest BCUT2D eigenvalue weighted by molar-refractivity contribution is 0.584. The zero-order valence-electron chi connectivity index (χ0n) is 9.67. The molecule has 0 nitrogen and oxygen atoms in total. The van der Waals surface area contributed by atoms with Crippen molar-refractivity contribution < 1.29 is 0 Å². The van der Waals surface area contributed by atoms with Crippen LogP contribution in [0.2, 0.25) is 0 Å². The van der Waals surface area contributed by atoms with Gasteiger partial charge in [-0.05, 0) is 29.9 Å². The first-order valence-corrected chi connectivity index (χ1v) is 5.25. The lowest BCUT2D eigenvalue weighted by Gasteiger charge is -2.22. The van der Waals surface area contributed by atoms with Crippen LogP contribution in [-0.4, -0.2) is 0 Å². The van der Waals surface area contributed by atoms with E-state index in [1.54, 1.807) is 0 Å². The van der Waals surface area contributed by atoms with Crippen LogP contribution in [0.15, 0.2) is 36.4 Å². The molecule has 0 fully saturated rings. The third-order valence-corrected chi connectivity index (χ3v) is 2.40. The first-order chi connectivity index (χ1) is 6.55. The van der Waals surface area contributed by atoms with E-state index >= 15 is 0 Å². The first-order valence-electron chi connectivity index (χ1n) is 5.25. The molecular weight excluding hydrogens is 168 g/mol. The summed E-state index contributed by atoms with van der Waals surface area (Å²) in [6.45, 7) is 8.87. The molecule has 14 heavy (non-hydrogen) atoms. The standard InChI is InChI=1S/C14H20/c1-5-6-9-12-10-7-8-11-13(12)14(2,3)4/h5-8,10-11H,9H2,1-4H3. The number of rotatable bonds is 2. The molecule has 0 aliphatic rings. The maximum absolute atomic E-state index is 2.27. The molecule has 0 atom stereocenters. The van der Waals surface area contributed by atoms with Crippen LogP contribution < -0.4 is 0 Å². The molecule has 1 rings (SSSR count). The number of hydrogen-bond donors (Lipinski definition) is 0. The summed E-state index contributed by atoms with van der Waals surface area (Å²) in [5.41, 5.74) is 3.15. The van der Waals surface area contributed by atoms with Gasteiger partial charge in [0.1, 0.15) is 0 Å². The van der Waals surface area contributed by atoms with E-state index in [9.17, 15) is 0 Å². The average Bonchev–Trinajstić information content (AvgIpc) is 2.14. The van der Waals surface area contributed by atoms with E-state index in [-0.39, 0.29) is 5.41 Å². The lowest BCUT2D eigenvalue weighted by atomic mass is 9.83. The maximum atomic E-state index is 2.27. The monoisotopic (exact) mass is 188 g/mol. The Morgan fingerprint density at radius 1 is 1.14 bits per heavy atom. The quantitative estimate of drug-likeness (QED) is 0.613. The van der Waals surface area contributed by atoms with Crippen molar-refractivity contribution in [3.63, 3.8) is 0 Å². The van der Waals surface area contributed by atoms with Crippen molar-refractivity contribution in [1.82, 2.24) is 0 Å². The third kappa shape index (κ3) is 2.73. The molecule has 0 spiro atoms. The van der Waals surface area contributed by atoms with Crippen LogP contribution in [0.25, 0.3) is 0 Å². The van der Waals surface area contributed by atoms with Crippen LogP contribution in [0.1, 0.15) is 38.8 Å². The predicted octanol–water partition coefficient (Wildman–Crippen LogP) is 4.10. The Morgan fingerprint density at radius 2 is 1.79 bits per heavy atom. The van der Waals surface area contributed by atoms with E-state index in [2.05, 4.69) is 64.1 Å². The van der Waals surface area contributed by atoms with Crippen LogP contribution in [0.4, 0.5) is 0 Å². The number of benzene rings is 1. The fourth-order valence-electron chi connectivity index (χ4n) is 1.67. The van der Waals surface area contributed by atoms with Gasteiger partial charge in [0.05, 0.1) is 0 Å². The van der Waals surface area contributed by atoms with Gasteiger partial charge in [0.2, 0.25) is 0 Å². The van der Waals surface area contributed by atoms with Crippen LogP contribution in [0.3, 0.4) is 0 Å². The van der Waals surface area contributed by atoms with Crippen LogP contribution in [-0.2, 0) is 11.8 Å². The summed E-state index contributed by atoms with van der Waals surface area (Å²) in [4.78, 5) is 0. The Morgan fingerprint density at radius 3 is 2.36 bits per heavy atom. The van der Waals surface area contributed by atoms with Gasteiger partial charge in [-0.15, -0.1) is 0 Å². The fourth-order valence-corrected chi connectivity index (χ4v) is 1.67. The second-order valence-corrected chi connectivity index (χ2v) is 4.68. The molecule has 0 aliphatic carbocycles. The van der Waals surface area contributed by atoms with Crippen molar-refractivity contribution in [2.75, 3.05) is 0 Å². The Balaban J connectivity index is 3.03. The molecule has 1 aromatic carbocycles. The second kappa shape index (κ2) is 4.45. The molecule has 0 saturated carbocycles. The fraction of sp³-hybridized carbons (Fsp3) is 0.429. The molecule has 0 amide bonds. The van der Waals surface area contributed by atoms with Gasteiger partial charge in [-0.3, -0.25) is 0 Å². The van der Waals surface area contributed by atoms with Crippen molar-refractivity contribution >= 4 is 0 Å². The number of hydrogen-bond acceptors (Lipinski definition) is 0. The topological polar surface area (TPSA) is 0 Å². The molecule has 0 aliphatic heterocycles. The zero-order valence-corrected chi connectivity index (χ0v) is 9.67. The van der Waals surface area contributed by atoms with Gasteiger partial charge in [-0.25, -0.2) is 0 Å². The minimum atomic E-state index is 0.248. The minimum Gasteiger partial charge on any atom is -0.0913 e. The second-order valence-electron chi connectivity index (χ2n) is 4.68. The minimum absolute atomic E-state index is 0.248. The van der Waals surface area contributed by atoms with Crippen LogP contribution in [0, 0.1) is 0 Å². The Labute approximate surface area is 87.7 Å². The normalized spacial score (nSPS) is 12.3. The molecule has 0 heteroatoms. The summed E-state index contributed by atoms with van der Waals surface area (Å²) in [5.74, 6) is 0. The summed E-state index contributed by atoms with van der Waals surface area (Å²) in [5, 5.41) is 0. The molecule has 0 bridgehead atoms. The van der Waals surface area contributed by atoms with Crippen molar-refractivity contribution in [3.8, 4) is 0 Å². The highest BCUT2D eigenvalue weighted by Crippen LogP contribution is 2.25. The summed E-state index contributed by atoms with van der Waals surface area (Å²) >= 11 is 0. The van der Waals surface area contributed by atoms with E-state index in [1.807, 2.05) is 0 Å². The van der Waals surface area contributed by atoms with E-state index in [0.29, 0.717) is 0 Å². The van der Waals surface area contributed by atoms with Gasteiger partial charge in [0.25, 0.3) is 0 Å². The molecule has 1 aromatic rings. The molecule has 0 N–H and O–H groups in total. The average molecular weight is 188 g/mol. The highest BCUT2D eigenvalue weighted by Gasteiger charge is 2.16. The number of allylic oxidation sites excluding steroid dienone is 2. The van der Waals surface area contributed by atoms with Crippen molar-refractivity contribution in [2.45, 2.75) is 39.5 Å². The van der Waals surface area contributed by atoms with E-state index in [1.165, 1.54) is 11.1 Å². The molecule has 0 unspecified atom stereocenters. The van der Waals surface area contributed by atoms with Crippen molar-refractivity contribution in [3.05, 3.63) is 47.5 Å². The van der Waals surface area contributed by atoms with Crippen LogP contribution >= 0.6 is 0 Å². The summed E-state index contributed by atoms with van der Waals surface area (Å²) in [7, 11) is 0. The van der Waals surface area contributed by atoms with E-state index < -0.39 is 0 Å². The summed E-state index contributed by atoms with van der Waals surface area (Å²) < 4.78 is 0. The molecule has 0 saturated heterocycles. The van der Waals surface area contributed by atoms with Crippen molar-refractivity contribution in [2.24, 2.45) is 0 Å². The molecule has 0 heterocycles. The van der Waals surface area contributed by atoms with Crippen LogP contribution in [0.5, 0.6) is 0 Å².